The van der Waals surface area contributed by atoms with E-state index in [1.165, 1.54) is 64.7 Å². The topological polar surface area (TPSA) is 0 Å². The fourth-order valence-corrected chi connectivity index (χ4v) is 7.73. The molecule has 0 nitrogen and oxygen atoms in total. The maximum absolute atomic E-state index is 2.47. The summed E-state index contributed by atoms with van der Waals surface area (Å²) in [5, 5.41) is 2.74. The SMILES string of the molecule is CC(C)(C)c1ccc(-c2cccc3c2-c2ccccc2CC(C)(c2ccc4c(c2)sc2ccccc24)C3)cc1. The highest BCUT2D eigenvalue weighted by atomic mass is 32.1. The van der Waals surface area contributed by atoms with Crippen LogP contribution < -0.4 is 0 Å². The van der Waals surface area contributed by atoms with Crippen LogP contribution in [-0.2, 0) is 23.7 Å². The van der Waals surface area contributed by atoms with Crippen LogP contribution in [0.4, 0.5) is 0 Å². The Hall–Kier alpha value is -3.68. The van der Waals surface area contributed by atoms with Crippen molar-refractivity contribution < 1.29 is 0 Å². The standard InChI is InChI=1S/C38H34S/c1-37(2,3)28-18-16-25(17-19-28)30-14-9-11-27-24-38(4,23-26-10-5-6-12-31(26)36(27)30)29-20-21-33-32-13-7-8-15-34(32)39-35(33)22-29/h5-22H,23-24H2,1-4H3. The fourth-order valence-electron chi connectivity index (χ4n) is 6.58. The minimum absolute atomic E-state index is 0.000430. The zero-order chi connectivity index (χ0) is 26.8. The molecule has 39 heavy (non-hydrogen) atoms. The molecule has 0 spiro atoms. The Morgan fingerprint density at radius 1 is 0.615 bits per heavy atom. The molecule has 0 fully saturated rings. The molecule has 1 heteroatoms. The van der Waals surface area contributed by atoms with E-state index in [1.807, 2.05) is 11.3 Å². The number of fused-ring (bicyclic) bond motifs is 6. The third kappa shape index (κ3) is 4.12. The van der Waals surface area contributed by atoms with Crippen LogP contribution in [0.25, 0.3) is 42.4 Å². The third-order valence-corrected chi connectivity index (χ3v) is 9.87. The Morgan fingerprint density at radius 2 is 1.28 bits per heavy atom. The summed E-state index contributed by atoms with van der Waals surface area (Å²) in [6, 6.07) is 41.3. The van der Waals surface area contributed by atoms with Gasteiger partial charge in [0.25, 0.3) is 0 Å². The van der Waals surface area contributed by atoms with Gasteiger partial charge in [0.2, 0.25) is 0 Å². The Morgan fingerprint density at radius 3 is 2.10 bits per heavy atom. The largest absolute Gasteiger partial charge is 0.135 e. The number of hydrogen-bond donors (Lipinski definition) is 0. The Balaban J connectivity index is 1.39. The van der Waals surface area contributed by atoms with E-state index in [9.17, 15) is 0 Å². The Labute approximate surface area is 236 Å². The molecule has 1 atom stereocenters. The van der Waals surface area contributed by atoms with Crippen molar-refractivity contribution in [3.63, 3.8) is 0 Å². The minimum atomic E-state index is 0.000430. The average Bonchev–Trinajstić information content (AvgIpc) is 3.24. The van der Waals surface area contributed by atoms with Crippen molar-refractivity contribution in [1.29, 1.82) is 0 Å². The maximum Gasteiger partial charge on any atom is 0.0358 e. The van der Waals surface area contributed by atoms with E-state index >= 15 is 0 Å². The van der Waals surface area contributed by atoms with Crippen LogP contribution in [0.15, 0.2) is 109 Å². The predicted molar refractivity (Wildman–Crippen MR) is 170 cm³/mol. The third-order valence-electron chi connectivity index (χ3n) is 8.74. The van der Waals surface area contributed by atoms with E-state index in [1.54, 1.807) is 0 Å². The van der Waals surface area contributed by atoms with E-state index in [0.717, 1.165) is 12.8 Å². The monoisotopic (exact) mass is 522 g/mol. The van der Waals surface area contributed by atoms with Crippen molar-refractivity contribution in [2.45, 2.75) is 51.4 Å². The molecule has 1 aliphatic carbocycles. The van der Waals surface area contributed by atoms with E-state index < -0.39 is 0 Å². The molecular formula is C38H34S. The van der Waals surface area contributed by atoms with Gasteiger partial charge in [0.15, 0.2) is 0 Å². The van der Waals surface area contributed by atoms with Gasteiger partial charge in [-0.25, -0.2) is 0 Å². The highest BCUT2D eigenvalue weighted by Crippen LogP contribution is 2.46. The molecular weight excluding hydrogens is 488 g/mol. The summed E-state index contributed by atoms with van der Waals surface area (Å²) in [4.78, 5) is 0. The molecule has 0 N–H and O–H groups in total. The van der Waals surface area contributed by atoms with E-state index in [-0.39, 0.29) is 10.8 Å². The van der Waals surface area contributed by atoms with Crippen molar-refractivity contribution in [3.05, 3.63) is 131 Å². The van der Waals surface area contributed by atoms with Crippen LogP contribution in [0.2, 0.25) is 0 Å². The molecule has 1 heterocycles. The minimum Gasteiger partial charge on any atom is -0.135 e. The summed E-state index contributed by atoms with van der Waals surface area (Å²) < 4.78 is 2.76. The van der Waals surface area contributed by atoms with E-state index in [4.69, 9.17) is 0 Å². The second kappa shape index (κ2) is 8.93. The number of hydrogen-bond acceptors (Lipinski definition) is 1. The van der Waals surface area contributed by atoms with Gasteiger partial charge in [0, 0.05) is 25.6 Å². The molecule has 7 rings (SSSR count). The fraction of sp³-hybridized carbons (Fsp3) is 0.211. The van der Waals surface area contributed by atoms with Crippen LogP contribution in [0.1, 0.15) is 49.9 Å². The van der Waals surface area contributed by atoms with Crippen LogP contribution in [0, 0.1) is 0 Å². The highest BCUT2D eigenvalue weighted by molar-refractivity contribution is 7.25. The quantitative estimate of drug-likeness (QED) is 0.212. The van der Waals surface area contributed by atoms with Gasteiger partial charge in [0.1, 0.15) is 0 Å². The molecule has 0 saturated carbocycles. The van der Waals surface area contributed by atoms with Crippen LogP contribution in [0.3, 0.4) is 0 Å². The van der Waals surface area contributed by atoms with E-state index in [0.29, 0.717) is 0 Å². The van der Waals surface area contributed by atoms with Gasteiger partial charge in [-0.1, -0.05) is 125 Å². The summed E-state index contributed by atoms with van der Waals surface area (Å²) in [6.45, 7) is 9.32. The molecule has 0 aliphatic heterocycles. The van der Waals surface area contributed by atoms with Crippen molar-refractivity contribution in [3.8, 4) is 22.3 Å². The predicted octanol–water partition coefficient (Wildman–Crippen LogP) is 10.7. The molecule has 0 saturated heterocycles. The summed E-state index contributed by atoms with van der Waals surface area (Å²) in [6.07, 6.45) is 2.04. The van der Waals surface area contributed by atoms with Gasteiger partial charge in [-0.15, -0.1) is 11.3 Å². The number of rotatable bonds is 2. The van der Waals surface area contributed by atoms with Crippen LogP contribution in [-0.4, -0.2) is 0 Å². The second-order valence-corrected chi connectivity index (χ2v) is 13.6. The molecule has 192 valence electrons. The van der Waals surface area contributed by atoms with Crippen LogP contribution in [0.5, 0.6) is 0 Å². The summed E-state index contributed by atoms with van der Waals surface area (Å²) >= 11 is 1.92. The van der Waals surface area contributed by atoms with Crippen molar-refractivity contribution in [2.24, 2.45) is 0 Å². The molecule has 1 unspecified atom stereocenters. The van der Waals surface area contributed by atoms with E-state index in [2.05, 4.69) is 137 Å². The molecule has 0 bridgehead atoms. The molecule has 0 radical (unpaired) electrons. The summed E-state index contributed by atoms with van der Waals surface area (Å²) in [5.41, 5.74) is 11.3. The second-order valence-electron chi connectivity index (χ2n) is 12.5. The molecule has 1 aliphatic rings. The molecule has 1 aromatic heterocycles. The van der Waals surface area contributed by atoms with Gasteiger partial charge in [-0.2, -0.15) is 0 Å². The van der Waals surface area contributed by atoms with Crippen molar-refractivity contribution in [1.82, 2.24) is 0 Å². The zero-order valence-corrected chi connectivity index (χ0v) is 24.0. The van der Waals surface area contributed by atoms with Crippen molar-refractivity contribution in [2.75, 3.05) is 0 Å². The van der Waals surface area contributed by atoms with Gasteiger partial charge in [-0.05, 0) is 74.9 Å². The first-order chi connectivity index (χ1) is 18.8. The summed E-state index contributed by atoms with van der Waals surface area (Å²) in [5.74, 6) is 0. The normalized spacial score (nSPS) is 17.1. The van der Waals surface area contributed by atoms with Gasteiger partial charge in [0.05, 0.1) is 0 Å². The summed E-state index contributed by atoms with van der Waals surface area (Å²) in [7, 11) is 0. The lowest BCUT2D eigenvalue weighted by molar-refractivity contribution is 0.470. The lowest BCUT2D eigenvalue weighted by Crippen LogP contribution is -2.27. The van der Waals surface area contributed by atoms with Crippen LogP contribution >= 0.6 is 11.3 Å². The first kappa shape index (κ1) is 24.4. The maximum atomic E-state index is 2.47. The Bertz CT molecular complexity index is 1840. The Kier molecular flexibility index (Phi) is 5.58. The number of benzene rings is 5. The zero-order valence-electron chi connectivity index (χ0n) is 23.2. The van der Waals surface area contributed by atoms with Crippen molar-refractivity contribution >= 4 is 31.5 Å². The first-order valence-corrected chi connectivity index (χ1v) is 14.8. The average molecular weight is 523 g/mol. The lowest BCUT2D eigenvalue weighted by atomic mass is 9.74. The molecule has 0 amide bonds. The highest BCUT2D eigenvalue weighted by Gasteiger charge is 2.33. The van der Waals surface area contributed by atoms with Gasteiger partial charge < -0.3 is 0 Å². The number of thiophene rings is 1. The first-order valence-electron chi connectivity index (χ1n) is 14.0. The van der Waals surface area contributed by atoms with Gasteiger partial charge in [-0.3, -0.25) is 0 Å². The van der Waals surface area contributed by atoms with Gasteiger partial charge >= 0.3 is 0 Å². The lowest BCUT2D eigenvalue weighted by Gasteiger charge is -2.30. The molecule has 6 aromatic rings. The molecule has 5 aromatic carbocycles. The smallest absolute Gasteiger partial charge is 0.0358 e.